The molecule has 0 aliphatic heterocycles. The number of hydrogen-bond donors (Lipinski definition) is 1. The molecule has 212 valence electrons. The number of ether oxygens (including phenoxy) is 2. The van der Waals surface area contributed by atoms with Crippen molar-refractivity contribution in [3.63, 3.8) is 0 Å². The molecule has 1 aromatic heterocycles. The minimum Gasteiger partial charge on any atom is -0.476 e. The molecule has 0 atom stereocenters. The summed E-state index contributed by atoms with van der Waals surface area (Å²) < 4.78 is 50.0. The topological polar surface area (TPSA) is 90.4 Å². The standard InChI is InChI=1S/C30H32F3N3O4/c1-28(2,3)40-27(38)29(4,5)39-22-14-6-18(7-15-22)16-24(37)35-23-17-34-26(36-25(23)19-8-9-19)20-10-12-21(13-11-20)30(31,32)33/h6-7,10-15,17,19H,8-9,16H2,1-5H3,(H,35,37). The van der Waals surface area contributed by atoms with Crippen molar-refractivity contribution in [3.8, 4) is 17.1 Å². The van der Waals surface area contributed by atoms with Gasteiger partial charge in [0.2, 0.25) is 5.91 Å². The predicted octanol–water partition coefficient (Wildman–Crippen LogP) is 6.72. The van der Waals surface area contributed by atoms with E-state index in [9.17, 15) is 22.8 Å². The van der Waals surface area contributed by atoms with Crippen LogP contribution in [0.5, 0.6) is 5.75 Å². The monoisotopic (exact) mass is 555 g/mol. The lowest BCUT2D eigenvalue weighted by Crippen LogP contribution is -2.43. The predicted molar refractivity (Wildman–Crippen MR) is 144 cm³/mol. The van der Waals surface area contributed by atoms with Crippen LogP contribution in [0.1, 0.15) is 70.2 Å². The second kappa shape index (κ2) is 10.9. The normalized spacial score (nSPS) is 14.0. The zero-order valence-electron chi connectivity index (χ0n) is 23.1. The first-order chi connectivity index (χ1) is 18.6. The molecule has 1 fully saturated rings. The number of nitrogens with zero attached hydrogens (tertiary/aromatic N) is 2. The Morgan fingerprint density at radius 3 is 2.12 bits per heavy atom. The van der Waals surface area contributed by atoms with Crippen LogP contribution in [0, 0.1) is 0 Å². The van der Waals surface area contributed by atoms with Gasteiger partial charge in [-0.1, -0.05) is 24.3 Å². The number of halogens is 3. The van der Waals surface area contributed by atoms with Crippen molar-refractivity contribution in [2.45, 2.75) is 77.2 Å². The Bertz CT molecular complexity index is 1380. The van der Waals surface area contributed by atoms with E-state index in [1.807, 2.05) is 0 Å². The SMILES string of the molecule is CC(C)(C)OC(=O)C(C)(C)Oc1ccc(CC(=O)Nc2cnc(-c3ccc(C(F)(F)F)cc3)nc2C2CC2)cc1. The highest BCUT2D eigenvalue weighted by atomic mass is 19.4. The van der Waals surface area contributed by atoms with Crippen molar-refractivity contribution in [3.05, 3.63) is 71.5 Å². The Kier molecular flexibility index (Phi) is 7.92. The summed E-state index contributed by atoms with van der Waals surface area (Å²) in [7, 11) is 0. The first-order valence-corrected chi connectivity index (χ1v) is 13.0. The lowest BCUT2D eigenvalue weighted by molar-refractivity contribution is -0.170. The Hall–Kier alpha value is -3.95. The number of hydrogen-bond acceptors (Lipinski definition) is 6. The third-order valence-electron chi connectivity index (χ3n) is 6.08. The summed E-state index contributed by atoms with van der Waals surface area (Å²) in [5.74, 6) is 0.176. The van der Waals surface area contributed by atoms with Crippen LogP contribution in [-0.2, 0) is 26.9 Å². The van der Waals surface area contributed by atoms with Crippen molar-refractivity contribution in [1.82, 2.24) is 9.97 Å². The van der Waals surface area contributed by atoms with Crippen LogP contribution in [0.4, 0.5) is 18.9 Å². The van der Waals surface area contributed by atoms with Gasteiger partial charge in [-0.2, -0.15) is 13.2 Å². The van der Waals surface area contributed by atoms with Gasteiger partial charge in [-0.25, -0.2) is 14.8 Å². The summed E-state index contributed by atoms with van der Waals surface area (Å²) in [6.45, 7) is 8.62. The number of nitrogens with one attached hydrogen (secondary N) is 1. The molecule has 0 unspecified atom stereocenters. The third-order valence-corrected chi connectivity index (χ3v) is 6.08. The highest BCUT2D eigenvalue weighted by Crippen LogP contribution is 2.43. The fourth-order valence-electron chi connectivity index (χ4n) is 3.90. The van der Waals surface area contributed by atoms with Gasteiger partial charge in [0, 0.05) is 11.5 Å². The molecule has 3 aromatic rings. The number of rotatable bonds is 8. The van der Waals surface area contributed by atoms with Crippen LogP contribution >= 0.6 is 0 Å². The number of amides is 1. The zero-order valence-corrected chi connectivity index (χ0v) is 23.1. The number of esters is 1. The zero-order chi connectivity index (χ0) is 29.3. The summed E-state index contributed by atoms with van der Waals surface area (Å²) in [4.78, 5) is 34.2. The molecule has 0 bridgehead atoms. The van der Waals surface area contributed by atoms with Crippen molar-refractivity contribution in [2.75, 3.05) is 5.32 Å². The largest absolute Gasteiger partial charge is 0.476 e. The maximum absolute atomic E-state index is 12.9. The summed E-state index contributed by atoms with van der Waals surface area (Å²) in [6.07, 6.45) is -1.01. The minimum atomic E-state index is -4.42. The van der Waals surface area contributed by atoms with Gasteiger partial charge >= 0.3 is 12.1 Å². The first kappa shape index (κ1) is 29.0. The molecule has 2 aromatic carbocycles. The molecular weight excluding hydrogens is 523 g/mol. The van der Waals surface area contributed by atoms with Crippen molar-refractivity contribution < 1.29 is 32.2 Å². The van der Waals surface area contributed by atoms with Crippen molar-refractivity contribution >= 4 is 17.6 Å². The van der Waals surface area contributed by atoms with E-state index in [1.54, 1.807) is 58.9 Å². The van der Waals surface area contributed by atoms with Gasteiger partial charge in [0.05, 0.1) is 29.6 Å². The molecule has 1 saturated carbocycles. The van der Waals surface area contributed by atoms with E-state index < -0.39 is 28.9 Å². The van der Waals surface area contributed by atoms with Gasteiger partial charge in [0.15, 0.2) is 11.4 Å². The number of aromatic nitrogens is 2. The van der Waals surface area contributed by atoms with Crippen LogP contribution in [0.3, 0.4) is 0 Å². The molecule has 1 amide bonds. The van der Waals surface area contributed by atoms with Gasteiger partial charge in [0.1, 0.15) is 11.4 Å². The maximum atomic E-state index is 12.9. The highest BCUT2D eigenvalue weighted by Gasteiger charge is 2.35. The van der Waals surface area contributed by atoms with Gasteiger partial charge in [-0.15, -0.1) is 0 Å². The molecule has 4 rings (SSSR count). The number of alkyl halides is 3. The van der Waals surface area contributed by atoms with E-state index in [-0.39, 0.29) is 18.2 Å². The second-order valence-electron chi connectivity index (χ2n) is 11.3. The Morgan fingerprint density at radius 2 is 1.57 bits per heavy atom. The Balaban J connectivity index is 1.40. The summed E-state index contributed by atoms with van der Waals surface area (Å²) in [5.41, 5.74) is -0.220. The summed E-state index contributed by atoms with van der Waals surface area (Å²) >= 11 is 0. The van der Waals surface area contributed by atoms with Gasteiger partial charge in [-0.05, 0) is 77.3 Å². The molecule has 1 N–H and O–H groups in total. The first-order valence-electron chi connectivity index (χ1n) is 13.0. The fourth-order valence-corrected chi connectivity index (χ4v) is 3.90. The van der Waals surface area contributed by atoms with E-state index in [0.29, 0.717) is 28.5 Å². The van der Waals surface area contributed by atoms with Crippen LogP contribution < -0.4 is 10.1 Å². The highest BCUT2D eigenvalue weighted by molar-refractivity contribution is 5.93. The molecule has 1 aliphatic rings. The van der Waals surface area contributed by atoms with E-state index in [0.717, 1.165) is 30.5 Å². The van der Waals surface area contributed by atoms with Gasteiger partial charge in [0.25, 0.3) is 0 Å². The van der Waals surface area contributed by atoms with Gasteiger partial charge in [-0.3, -0.25) is 4.79 Å². The average molecular weight is 556 g/mol. The number of anilines is 1. The van der Waals surface area contributed by atoms with E-state index >= 15 is 0 Å². The summed E-state index contributed by atoms with van der Waals surface area (Å²) in [5, 5.41) is 2.87. The van der Waals surface area contributed by atoms with Gasteiger partial charge < -0.3 is 14.8 Å². The molecule has 7 nitrogen and oxygen atoms in total. The minimum absolute atomic E-state index is 0.0838. The average Bonchev–Trinajstić information content (AvgIpc) is 3.69. The third kappa shape index (κ3) is 7.58. The summed E-state index contributed by atoms with van der Waals surface area (Å²) in [6, 6.07) is 11.5. The fraction of sp³-hybridized carbons (Fsp3) is 0.400. The molecular formula is C30H32F3N3O4. The Labute approximate surface area is 231 Å². The lowest BCUT2D eigenvalue weighted by atomic mass is 10.1. The molecule has 1 heterocycles. The molecule has 0 saturated heterocycles. The molecule has 10 heteroatoms. The number of carbonyl (C=O) groups excluding carboxylic acids is 2. The quantitative estimate of drug-likeness (QED) is 0.310. The van der Waals surface area contributed by atoms with Crippen LogP contribution in [0.15, 0.2) is 54.7 Å². The van der Waals surface area contributed by atoms with E-state index in [2.05, 4.69) is 15.3 Å². The number of carbonyl (C=O) groups is 2. The van der Waals surface area contributed by atoms with Crippen LogP contribution in [0.25, 0.3) is 11.4 Å². The van der Waals surface area contributed by atoms with Crippen molar-refractivity contribution in [1.29, 1.82) is 0 Å². The second-order valence-corrected chi connectivity index (χ2v) is 11.3. The van der Waals surface area contributed by atoms with Crippen LogP contribution in [0.2, 0.25) is 0 Å². The van der Waals surface area contributed by atoms with Crippen molar-refractivity contribution in [2.24, 2.45) is 0 Å². The molecule has 0 spiro atoms. The smallest absolute Gasteiger partial charge is 0.416 e. The Morgan fingerprint density at radius 1 is 0.950 bits per heavy atom. The van der Waals surface area contributed by atoms with Crippen LogP contribution in [-0.4, -0.2) is 33.0 Å². The molecule has 0 radical (unpaired) electrons. The van der Waals surface area contributed by atoms with E-state index in [1.165, 1.54) is 18.3 Å². The maximum Gasteiger partial charge on any atom is 0.416 e. The van der Waals surface area contributed by atoms with E-state index in [4.69, 9.17) is 9.47 Å². The number of benzene rings is 2. The molecule has 1 aliphatic carbocycles. The lowest BCUT2D eigenvalue weighted by Gasteiger charge is -2.29. The molecule has 40 heavy (non-hydrogen) atoms.